The number of hydrazone groups is 1. The van der Waals surface area contributed by atoms with Crippen molar-refractivity contribution in [2.24, 2.45) is 15.4 Å². The second-order valence-electron chi connectivity index (χ2n) is 9.06. The van der Waals surface area contributed by atoms with Crippen molar-refractivity contribution in [2.45, 2.75) is 24.5 Å². The largest absolute Gasteiger partial charge is 0.271 e. The quantitative estimate of drug-likeness (QED) is 0.434. The van der Waals surface area contributed by atoms with Crippen LogP contribution >= 0.6 is 23.2 Å². The average Bonchev–Trinajstić information content (AvgIpc) is 3.62. The highest BCUT2D eigenvalue weighted by atomic mass is 35.5. The molecule has 0 bridgehead atoms. The molecule has 9 nitrogen and oxygen atoms in total. The number of amides is 3. The molecular formula is C27H20Cl2N6O3. The first-order valence-corrected chi connectivity index (χ1v) is 12.7. The molecule has 190 valence electrons. The lowest BCUT2D eigenvalue weighted by molar-refractivity contribution is -0.135. The van der Waals surface area contributed by atoms with Gasteiger partial charge in [-0.05, 0) is 23.3 Å². The van der Waals surface area contributed by atoms with Crippen LogP contribution in [-0.2, 0) is 14.4 Å². The number of para-hydroxylation sites is 1. The summed E-state index contributed by atoms with van der Waals surface area (Å²) >= 11 is 12.5. The van der Waals surface area contributed by atoms with Gasteiger partial charge < -0.3 is 0 Å². The second kappa shape index (κ2) is 9.66. The topological polar surface area (TPSA) is 98.0 Å². The third-order valence-electron chi connectivity index (χ3n) is 6.77. The molecule has 0 radical (unpaired) electrons. The minimum atomic E-state index is -1.09. The molecule has 0 saturated carbocycles. The third kappa shape index (κ3) is 4.04. The lowest BCUT2D eigenvalue weighted by Gasteiger charge is -2.25. The molecule has 3 aromatic rings. The molecule has 0 spiro atoms. The van der Waals surface area contributed by atoms with Crippen molar-refractivity contribution in [3.63, 3.8) is 0 Å². The number of nitrogens with zero attached hydrogens (tertiary/aromatic N) is 6. The van der Waals surface area contributed by atoms with Gasteiger partial charge in [0.05, 0.1) is 27.5 Å². The van der Waals surface area contributed by atoms with Gasteiger partial charge in [-0.1, -0.05) is 95.2 Å². The van der Waals surface area contributed by atoms with Gasteiger partial charge in [0.2, 0.25) is 0 Å². The van der Waals surface area contributed by atoms with Gasteiger partial charge in [0.25, 0.3) is 17.7 Å². The molecule has 0 aliphatic carbocycles. The Morgan fingerprint density at radius 1 is 0.868 bits per heavy atom. The molecule has 3 aromatic carbocycles. The maximum atomic E-state index is 13.6. The number of imide groups is 1. The maximum Gasteiger partial charge on any atom is 0.264 e. The predicted molar refractivity (Wildman–Crippen MR) is 142 cm³/mol. The van der Waals surface area contributed by atoms with E-state index < -0.39 is 23.9 Å². The molecule has 3 aliphatic heterocycles. The summed E-state index contributed by atoms with van der Waals surface area (Å²) in [7, 11) is 0. The van der Waals surface area contributed by atoms with Crippen LogP contribution in [0, 0.1) is 0 Å². The molecule has 6 rings (SSSR count). The molecule has 38 heavy (non-hydrogen) atoms. The number of rotatable bonds is 5. The average molecular weight is 547 g/mol. The summed E-state index contributed by atoms with van der Waals surface area (Å²) in [6, 6.07) is 21.5. The highest BCUT2D eigenvalue weighted by Crippen LogP contribution is 2.40. The van der Waals surface area contributed by atoms with Gasteiger partial charge in [-0.2, -0.15) is 10.2 Å². The number of hydrogen-bond donors (Lipinski definition) is 0. The summed E-state index contributed by atoms with van der Waals surface area (Å²) in [5.74, 6) is -1.57. The molecule has 0 N–H and O–H groups in total. The summed E-state index contributed by atoms with van der Waals surface area (Å²) in [5.41, 5.74) is 2.74. The van der Waals surface area contributed by atoms with Crippen LogP contribution in [0.2, 0.25) is 10.0 Å². The summed E-state index contributed by atoms with van der Waals surface area (Å²) in [5, 5.41) is 15.7. The van der Waals surface area contributed by atoms with Crippen molar-refractivity contribution in [1.29, 1.82) is 0 Å². The first kappa shape index (κ1) is 24.3. The lowest BCUT2D eigenvalue weighted by Crippen LogP contribution is -2.44. The summed E-state index contributed by atoms with van der Waals surface area (Å²) in [6.07, 6.45) is 0.531. The lowest BCUT2D eigenvalue weighted by atomic mass is 9.98. The van der Waals surface area contributed by atoms with E-state index in [-0.39, 0.29) is 34.2 Å². The Labute approximate surface area is 227 Å². The minimum absolute atomic E-state index is 0.0995. The van der Waals surface area contributed by atoms with Crippen molar-refractivity contribution in [3.05, 3.63) is 100 Å². The van der Waals surface area contributed by atoms with Gasteiger partial charge in [-0.25, -0.2) is 9.91 Å². The van der Waals surface area contributed by atoms with Gasteiger partial charge >= 0.3 is 0 Å². The number of benzene rings is 3. The normalized spacial score (nSPS) is 22.3. The number of anilines is 1. The zero-order valence-electron chi connectivity index (χ0n) is 19.8. The van der Waals surface area contributed by atoms with Crippen molar-refractivity contribution in [3.8, 4) is 0 Å². The molecular weight excluding hydrogens is 527 g/mol. The van der Waals surface area contributed by atoms with Crippen LogP contribution in [0.1, 0.15) is 23.6 Å². The van der Waals surface area contributed by atoms with Crippen LogP contribution in [0.25, 0.3) is 0 Å². The van der Waals surface area contributed by atoms with Crippen LogP contribution < -0.4 is 4.90 Å². The van der Waals surface area contributed by atoms with Crippen LogP contribution in [0.5, 0.6) is 0 Å². The molecule has 3 aliphatic rings. The van der Waals surface area contributed by atoms with E-state index in [9.17, 15) is 14.4 Å². The summed E-state index contributed by atoms with van der Waals surface area (Å²) in [6.45, 7) is -0.289. The SMILES string of the molecule is O=C1[C@H]2N=NN(CC(=O)N3N=C(c4ccccc4)C[C@@H]3c3ccccc3)[C@@H]2C(=O)N1c1c(Cl)cccc1Cl. The number of carbonyl (C=O) groups is 3. The van der Waals surface area contributed by atoms with Crippen LogP contribution in [-0.4, -0.2) is 52.1 Å². The van der Waals surface area contributed by atoms with E-state index in [0.717, 1.165) is 21.7 Å². The van der Waals surface area contributed by atoms with E-state index in [0.29, 0.717) is 6.42 Å². The first-order valence-electron chi connectivity index (χ1n) is 11.9. The predicted octanol–water partition coefficient (Wildman–Crippen LogP) is 4.66. The summed E-state index contributed by atoms with van der Waals surface area (Å²) in [4.78, 5) is 41.1. The Bertz CT molecular complexity index is 1480. The van der Waals surface area contributed by atoms with E-state index in [2.05, 4.69) is 15.4 Å². The molecule has 0 aromatic heterocycles. The molecule has 3 atom stereocenters. The number of hydrogen-bond acceptors (Lipinski definition) is 7. The molecule has 0 unspecified atom stereocenters. The van der Waals surface area contributed by atoms with Gasteiger partial charge in [-0.15, -0.1) is 0 Å². The van der Waals surface area contributed by atoms with E-state index >= 15 is 0 Å². The van der Waals surface area contributed by atoms with Crippen LogP contribution in [0.4, 0.5) is 5.69 Å². The number of fused-ring (bicyclic) bond motifs is 1. The van der Waals surface area contributed by atoms with E-state index in [1.165, 1.54) is 10.0 Å². The second-order valence-corrected chi connectivity index (χ2v) is 9.87. The Balaban J connectivity index is 1.27. The third-order valence-corrected chi connectivity index (χ3v) is 7.38. The zero-order valence-corrected chi connectivity index (χ0v) is 21.3. The monoisotopic (exact) mass is 546 g/mol. The van der Waals surface area contributed by atoms with E-state index in [1.807, 2.05) is 60.7 Å². The highest BCUT2D eigenvalue weighted by Gasteiger charge is 2.56. The Kier molecular flexibility index (Phi) is 6.17. The number of carbonyl (C=O) groups excluding carboxylic acids is 3. The maximum absolute atomic E-state index is 13.6. The van der Waals surface area contributed by atoms with Crippen molar-refractivity contribution < 1.29 is 14.4 Å². The standard InChI is InChI=1S/C27H20Cl2N6O3/c28-18-12-7-13-19(29)24(18)34-26(37)23-25(27(34)38)33(32-30-23)15-22(36)35-21(17-10-5-2-6-11-17)14-20(31-35)16-8-3-1-4-9-16/h1-13,21,23,25H,14-15H2/t21-,23+,25+/m1/s1. The molecule has 11 heteroatoms. The minimum Gasteiger partial charge on any atom is -0.271 e. The summed E-state index contributed by atoms with van der Waals surface area (Å²) < 4.78 is 0. The van der Waals surface area contributed by atoms with Gasteiger partial charge in [-0.3, -0.25) is 19.4 Å². The number of halogens is 2. The first-order chi connectivity index (χ1) is 18.4. The fraction of sp³-hybridized carbons (Fsp3) is 0.185. The van der Waals surface area contributed by atoms with Gasteiger partial charge in [0, 0.05) is 6.42 Å². The van der Waals surface area contributed by atoms with Crippen molar-refractivity contribution >= 4 is 52.3 Å². The fourth-order valence-electron chi connectivity index (χ4n) is 4.97. The molecule has 3 heterocycles. The van der Waals surface area contributed by atoms with Crippen molar-refractivity contribution in [1.82, 2.24) is 10.0 Å². The smallest absolute Gasteiger partial charge is 0.264 e. The highest BCUT2D eigenvalue weighted by molar-refractivity contribution is 6.42. The van der Waals surface area contributed by atoms with E-state index in [4.69, 9.17) is 23.2 Å². The van der Waals surface area contributed by atoms with Crippen molar-refractivity contribution in [2.75, 3.05) is 11.4 Å². The van der Waals surface area contributed by atoms with Gasteiger partial charge in [0.1, 0.15) is 6.54 Å². The Morgan fingerprint density at radius 2 is 1.53 bits per heavy atom. The Hall–Kier alpha value is -4.08. The van der Waals surface area contributed by atoms with Crippen LogP contribution in [0.15, 0.2) is 94.3 Å². The van der Waals surface area contributed by atoms with Crippen LogP contribution in [0.3, 0.4) is 0 Å². The zero-order chi connectivity index (χ0) is 26.4. The molecule has 1 fully saturated rings. The fourth-order valence-corrected chi connectivity index (χ4v) is 5.53. The van der Waals surface area contributed by atoms with E-state index in [1.54, 1.807) is 18.2 Å². The van der Waals surface area contributed by atoms with Gasteiger partial charge in [0.15, 0.2) is 12.1 Å². The molecule has 3 amide bonds. The Morgan fingerprint density at radius 3 is 2.21 bits per heavy atom. The molecule has 1 saturated heterocycles.